The summed E-state index contributed by atoms with van der Waals surface area (Å²) in [6.45, 7) is 7.81. The van der Waals surface area contributed by atoms with Gasteiger partial charge in [-0.1, -0.05) is 43.1 Å². The second-order valence-electron chi connectivity index (χ2n) is 7.99. The first-order valence-corrected chi connectivity index (χ1v) is 11.0. The molecule has 0 saturated heterocycles. The molecule has 3 N–H and O–H groups in total. The number of nitrogens with zero attached hydrogens (tertiary/aromatic N) is 1. The average Bonchev–Trinajstić information content (AvgIpc) is 2.78. The van der Waals surface area contributed by atoms with E-state index in [1.54, 1.807) is 6.07 Å². The van der Waals surface area contributed by atoms with Crippen molar-refractivity contribution in [3.63, 3.8) is 0 Å². The summed E-state index contributed by atoms with van der Waals surface area (Å²) in [5.74, 6) is -1.33. The molecule has 0 aliphatic heterocycles. The van der Waals surface area contributed by atoms with Crippen molar-refractivity contribution in [3.8, 4) is 11.5 Å². The lowest BCUT2D eigenvalue weighted by Crippen LogP contribution is -2.39. The van der Waals surface area contributed by atoms with Gasteiger partial charge < -0.3 is 20.1 Å². The average molecular weight is 489 g/mol. The van der Waals surface area contributed by atoms with Crippen LogP contribution in [0.4, 0.5) is 5.69 Å². The minimum absolute atomic E-state index is 0.182. The van der Waals surface area contributed by atoms with Crippen LogP contribution in [-0.4, -0.2) is 44.2 Å². The highest BCUT2D eigenvalue weighted by Crippen LogP contribution is 2.36. The highest BCUT2D eigenvalue weighted by molar-refractivity contribution is 6.35. The van der Waals surface area contributed by atoms with E-state index >= 15 is 0 Å². The second kappa shape index (κ2) is 12.6. The first-order chi connectivity index (χ1) is 16.1. The molecular formula is C24H29ClN4O5. The van der Waals surface area contributed by atoms with Gasteiger partial charge in [0.15, 0.2) is 18.1 Å². The molecule has 0 spiro atoms. The van der Waals surface area contributed by atoms with Gasteiger partial charge in [-0.2, -0.15) is 5.10 Å². The van der Waals surface area contributed by atoms with E-state index in [1.165, 1.54) is 19.4 Å². The molecule has 0 aliphatic carbocycles. The maximum atomic E-state index is 12.3. The van der Waals surface area contributed by atoms with Crippen LogP contribution in [0.2, 0.25) is 5.02 Å². The van der Waals surface area contributed by atoms with Crippen molar-refractivity contribution < 1.29 is 23.9 Å². The number of hydrogen-bond acceptors (Lipinski definition) is 6. The number of hydrazone groups is 1. The molecule has 2 aromatic rings. The van der Waals surface area contributed by atoms with E-state index in [0.29, 0.717) is 17.8 Å². The number of anilines is 1. The molecule has 0 saturated carbocycles. The Kier molecular flexibility index (Phi) is 9.88. The first-order valence-electron chi connectivity index (χ1n) is 10.6. The normalized spacial score (nSPS) is 10.8. The molecule has 182 valence electrons. The Labute approximate surface area is 203 Å². The fourth-order valence-corrected chi connectivity index (χ4v) is 3.10. The first kappa shape index (κ1) is 26.7. The molecule has 10 heteroatoms. The van der Waals surface area contributed by atoms with Crippen molar-refractivity contribution in [1.29, 1.82) is 0 Å². The molecule has 0 bridgehead atoms. The zero-order chi connectivity index (χ0) is 25.3. The predicted molar refractivity (Wildman–Crippen MR) is 132 cm³/mol. The van der Waals surface area contributed by atoms with Gasteiger partial charge in [-0.25, -0.2) is 5.43 Å². The minimum atomic E-state index is -0.884. The number of carbonyl (C=O) groups is 3. The third kappa shape index (κ3) is 8.08. The summed E-state index contributed by atoms with van der Waals surface area (Å²) < 4.78 is 10.9. The number of nitrogens with one attached hydrogen (secondary N) is 3. The molecule has 0 radical (unpaired) electrons. The molecule has 2 aromatic carbocycles. The number of halogens is 1. The zero-order valence-corrected chi connectivity index (χ0v) is 20.6. The van der Waals surface area contributed by atoms with Crippen LogP contribution < -0.4 is 25.5 Å². The van der Waals surface area contributed by atoms with E-state index in [-0.39, 0.29) is 35.0 Å². The van der Waals surface area contributed by atoms with Crippen LogP contribution in [0, 0.1) is 19.8 Å². The molecule has 34 heavy (non-hydrogen) atoms. The molecule has 0 fully saturated rings. The second-order valence-corrected chi connectivity index (χ2v) is 8.40. The summed E-state index contributed by atoms with van der Waals surface area (Å²) in [6.07, 6.45) is 1.30. The SMILES string of the molecule is COc1cc(/C=N\NC(=O)C(=O)NCC(C)C)cc(Cl)c1OCC(=O)Nc1ccc(C)cc1C. The zero-order valence-electron chi connectivity index (χ0n) is 19.8. The number of benzene rings is 2. The van der Waals surface area contributed by atoms with Gasteiger partial charge in [0.05, 0.1) is 18.3 Å². The van der Waals surface area contributed by atoms with Crippen LogP contribution >= 0.6 is 11.6 Å². The highest BCUT2D eigenvalue weighted by atomic mass is 35.5. The van der Waals surface area contributed by atoms with Crippen LogP contribution in [0.1, 0.15) is 30.5 Å². The van der Waals surface area contributed by atoms with Crippen molar-refractivity contribution in [2.45, 2.75) is 27.7 Å². The summed E-state index contributed by atoms with van der Waals surface area (Å²) in [5, 5.41) is 9.24. The summed E-state index contributed by atoms with van der Waals surface area (Å²) >= 11 is 6.31. The predicted octanol–water partition coefficient (Wildman–Crippen LogP) is 3.21. The smallest absolute Gasteiger partial charge is 0.329 e. The van der Waals surface area contributed by atoms with Crippen molar-refractivity contribution in [2.75, 3.05) is 25.6 Å². The monoisotopic (exact) mass is 488 g/mol. The third-order valence-electron chi connectivity index (χ3n) is 4.51. The van der Waals surface area contributed by atoms with Gasteiger partial charge >= 0.3 is 11.8 Å². The van der Waals surface area contributed by atoms with Crippen LogP contribution in [0.3, 0.4) is 0 Å². The summed E-state index contributed by atoms with van der Waals surface area (Å²) in [4.78, 5) is 35.8. The van der Waals surface area contributed by atoms with Gasteiger partial charge in [-0.05, 0) is 49.1 Å². The largest absolute Gasteiger partial charge is 0.493 e. The Morgan fingerprint density at radius 2 is 1.85 bits per heavy atom. The number of rotatable bonds is 9. The third-order valence-corrected chi connectivity index (χ3v) is 4.79. The summed E-state index contributed by atoms with van der Waals surface area (Å²) in [7, 11) is 1.43. The fraction of sp³-hybridized carbons (Fsp3) is 0.333. The van der Waals surface area contributed by atoms with Crippen molar-refractivity contribution in [3.05, 3.63) is 52.0 Å². The molecule has 2 rings (SSSR count). The maximum Gasteiger partial charge on any atom is 0.329 e. The molecule has 0 aliphatic rings. The molecule has 3 amide bonds. The molecule has 9 nitrogen and oxygen atoms in total. The standard InChI is InChI=1S/C24H29ClN4O5/c1-14(2)11-26-23(31)24(32)29-27-12-17-9-18(25)22(20(10-17)33-5)34-13-21(30)28-19-7-6-15(3)8-16(19)4/h6-10,12,14H,11,13H2,1-5H3,(H,26,31)(H,28,30)(H,29,32)/b27-12-. The molecule has 0 aromatic heterocycles. The van der Waals surface area contributed by atoms with Crippen molar-refractivity contribution in [1.82, 2.24) is 10.7 Å². The van der Waals surface area contributed by atoms with Crippen LogP contribution in [0.15, 0.2) is 35.4 Å². The van der Waals surface area contributed by atoms with Gasteiger partial charge in [0.2, 0.25) is 0 Å². The van der Waals surface area contributed by atoms with E-state index in [1.807, 2.05) is 45.9 Å². The van der Waals surface area contributed by atoms with E-state index < -0.39 is 11.8 Å². The Hall–Kier alpha value is -3.59. The van der Waals surface area contributed by atoms with Gasteiger partial charge in [0, 0.05) is 12.2 Å². The fourth-order valence-electron chi connectivity index (χ4n) is 2.83. The maximum absolute atomic E-state index is 12.3. The van der Waals surface area contributed by atoms with Gasteiger partial charge in [0.25, 0.3) is 5.91 Å². The molecular weight excluding hydrogens is 460 g/mol. The number of hydrogen-bond donors (Lipinski definition) is 3. The minimum Gasteiger partial charge on any atom is -0.493 e. The number of carbonyl (C=O) groups excluding carboxylic acids is 3. The Bertz CT molecular complexity index is 1090. The molecule has 0 atom stereocenters. The Morgan fingerprint density at radius 1 is 1.12 bits per heavy atom. The van der Waals surface area contributed by atoms with Crippen LogP contribution in [0.25, 0.3) is 0 Å². The number of amides is 3. The van der Waals surface area contributed by atoms with Crippen LogP contribution in [-0.2, 0) is 14.4 Å². The van der Waals surface area contributed by atoms with Crippen molar-refractivity contribution >= 4 is 41.2 Å². The van der Waals surface area contributed by atoms with E-state index in [4.69, 9.17) is 21.1 Å². The summed E-state index contributed by atoms with van der Waals surface area (Å²) in [6, 6.07) is 8.80. The number of aryl methyl sites for hydroxylation is 2. The van der Waals surface area contributed by atoms with E-state index in [0.717, 1.165) is 11.1 Å². The summed E-state index contributed by atoms with van der Waals surface area (Å²) in [5.41, 5.74) is 5.37. The Balaban J connectivity index is 1.99. The number of ether oxygens (including phenoxy) is 2. The lowest BCUT2D eigenvalue weighted by Gasteiger charge is -2.14. The van der Waals surface area contributed by atoms with Gasteiger partial charge in [-0.3, -0.25) is 14.4 Å². The lowest BCUT2D eigenvalue weighted by atomic mass is 10.1. The molecule has 0 heterocycles. The topological polar surface area (TPSA) is 118 Å². The van der Waals surface area contributed by atoms with Gasteiger partial charge in [-0.15, -0.1) is 0 Å². The Morgan fingerprint density at radius 3 is 2.50 bits per heavy atom. The van der Waals surface area contributed by atoms with Crippen molar-refractivity contribution in [2.24, 2.45) is 11.0 Å². The van der Waals surface area contributed by atoms with E-state index in [2.05, 4.69) is 21.2 Å². The number of methoxy groups -OCH3 is 1. The lowest BCUT2D eigenvalue weighted by molar-refractivity contribution is -0.139. The van der Waals surface area contributed by atoms with E-state index in [9.17, 15) is 14.4 Å². The van der Waals surface area contributed by atoms with Crippen LogP contribution in [0.5, 0.6) is 11.5 Å². The highest BCUT2D eigenvalue weighted by Gasteiger charge is 2.15. The molecule has 0 unspecified atom stereocenters. The quantitative estimate of drug-likeness (QED) is 0.284. The van der Waals surface area contributed by atoms with Gasteiger partial charge in [0.1, 0.15) is 0 Å².